The van der Waals surface area contributed by atoms with E-state index in [9.17, 15) is 14.4 Å². The van der Waals surface area contributed by atoms with Crippen LogP contribution in [-0.2, 0) is 14.4 Å². The second-order valence-electron chi connectivity index (χ2n) is 6.48. The van der Waals surface area contributed by atoms with Crippen LogP contribution in [0.25, 0.3) is 0 Å². The number of likely N-dealkylation sites (tertiary alicyclic amines) is 1. The Morgan fingerprint density at radius 3 is 2.24 bits per heavy atom. The minimum atomic E-state index is -0.121. The Morgan fingerprint density at radius 2 is 1.76 bits per heavy atom. The molecule has 1 aliphatic heterocycles. The topological polar surface area (TPSA) is 69.7 Å². The molecule has 1 aliphatic carbocycles. The predicted molar refractivity (Wildman–Crippen MR) is 78.1 cm³/mol. The zero-order chi connectivity index (χ0) is 15.6. The molecule has 6 nitrogen and oxygen atoms in total. The number of nitrogens with one attached hydrogen (secondary N) is 1. The van der Waals surface area contributed by atoms with Crippen LogP contribution in [-0.4, -0.2) is 53.8 Å². The van der Waals surface area contributed by atoms with Gasteiger partial charge in [-0.05, 0) is 33.7 Å². The summed E-state index contributed by atoms with van der Waals surface area (Å²) in [4.78, 5) is 39.4. The van der Waals surface area contributed by atoms with Crippen LogP contribution in [0, 0.1) is 11.8 Å². The van der Waals surface area contributed by atoms with Gasteiger partial charge >= 0.3 is 0 Å². The second kappa shape index (κ2) is 6.56. The third kappa shape index (κ3) is 3.61. The van der Waals surface area contributed by atoms with Crippen molar-refractivity contribution in [2.24, 2.45) is 11.8 Å². The SMILES string of the molecule is CC(C)NC(=O)CN(C)CN1C(=O)[C@H]2CCCC[C@H]2C1=O. The van der Waals surface area contributed by atoms with E-state index in [4.69, 9.17) is 0 Å². The highest BCUT2D eigenvalue weighted by molar-refractivity contribution is 6.05. The first-order valence-corrected chi connectivity index (χ1v) is 7.73. The van der Waals surface area contributed by atoms with E-state index >= 15 is 0 Å². The number of likely N-dealkylation sites (N-methyl/N-ethyl adjacent to an activating group) is 1. The summed E-state index contributed by atoms with van der Waals surface area (Å²) in [6, 6.07) is 0.0869. The zero-order valence-electron chi connectivity index (χ0n) is 13.1. The highest BCUT2D eigenvalue weighted by Gasteiger charge is 2.48. The number of imide groups is 1. The van der Waals surface area contributed by atoms with Gasteiger partial charge < -0.3 is 5.32 Å². The van der Waals surface area contributed by atoms with E-state index < -0.39 is 0 Å². The molecule has 0 aromatic carbocycles. The summed E-state index contributed by atoms with van der Waals surface area (Å²) in [7, 11) is 1.75. The van der Waals surface area contributed by atoms with E-state index in [0.29, 0.717) is 0 Å². The molecule has 21 heavy (non-hydrogen) atoms. The largest absolute Gasteiger partial charge is 0.353 e. The van der Waals surface area contributed by atoms with Crippen molar-refractivity contribution < 1.29 is 14.4 Å². The van der Waals surface area contributed by atoms with Gasteiger partial charge in [0.25, 0.3) is 0 Å². The van der Waals surface area contributed by atoms with Gasteiger partial charge in [0.2, 0.25) is 17.7 Å². The number of hydrogen-bond acceptors (Lipinski definition) is 4. The summed E-state index contributed by atoms with van der Waals surface area (Å²) in [6.07, 6.45) is 3.70. The molecular weight excluding hydrogens is 270 g/mol. The maximum atomic E-state index is 12.3. The lowest BCUT2D eigenvalue weighted by Gasteiger charge is -2.23. The van der Waals surface area contributed by atoms with Gasteiger partial charge in [0.15, 0.2) is 0 Å². The van der Waals surface area contributed by atoms with Crippen molar-refractivity contribution in [1.29, 1.82) is 0 Å². The molecule has 1 saturated carbocycles. The maximum Gasteiger partial charge on any atom is 0.234 e. The molecule has 2 atom stereocenters. The quantitative estimate of drug-likeness (QED) is 0.753. The van der Waals surface area contributed by atoms with Crippen LogP contribution < -0.4 is 5.32 Å². The van der Waals surface area contributed by atoms with Gasteiger partial charge in [0, 0.05) is 6.04 Å². The average Bonchev–Trinajstić information content (AvgIpc) is 2.63. The van der Waals surface area contributed by atoms with E-state index in [1.165, 1.54) is 4.90 Å². The smallest absolute Gasteiger partial charge is 0.234 e. The molecule has 1 heterocycles. The maximum absolute atomic E-state index is 12.3. The Bertz CT molecular complexity index is 412. The fourth-order valence-corrected chi connectivity index (χ4v) is 3.27. The summed E-state index contributed by atoms with van der Waals surface area (Å²) in [5, 5.41) is 2.80. The first-order chi connectivity index (χ1) is 9.90. The summed E-state index contributed by atoms with van der Waals surface area (Å²) >= 11 is 0. The second-order valence-corrected chi connectivity index (χ2v) is 6.48. The molecular formula is C15H25N3O3. The summed E-state index contributed by atoms with van der Waals surface area (Å²) in [6.45, 7) is 4.19. The van der Waals surface area contributed by atoms with Crippen LogP contribution in [0.4, 0.5) is 0 Å². The van der Waals surface area contributed by atoms with Gasteiger partial charge in [-0.2, -0.15) is 0 Å². The zero-order valence-corrected chi connectivity index (χ0v) is 13.1. The summed E-state index contributed by atoms with van der Waals surface area (Å²) < 4.78 is 0. The predicted octanol–water partition coefficient (Wildman–Crippen LogP) is 0.575. The van der Waals surface area contributed by atoms with Crippen LogP contribution in [0.2, 0.25) is 0 Å². The van der Waals surface area contributed by atoms with Crippen LogP contribution >= 0.6 is 0 Å². The molecule has 2 rings (SSSR count). The van der Waals surface area contributed by atoms with E-state index in [1.807, 2.05) is 13.8 Å². The molecule has 1 N–H and O–H groups in total. The van der Waals surface area contributed by atoms with Gasteiger partial charge in [-0.1, -0.05) is 12.8 Å². The third-order valence-corrected chi connectivity index (χ3v) is 4.18. The molecule has 1 saturated heterocycles. The average molecular weight is 295 g/mol. The molecule has 0 aromatic rings. The summed E-state index contributed by atoms with van der Waals surface area (Å²) in [5.74, 6) is -0.445. The van der Waals surface area contributed by atoms with Gasteiger partial charge in [-0.3, -0.25) is 24.2 Å². The standard InChI is InChI=1S/C15H25N3O3/c1-10(2)16-13(19)8-17(3)9-18-14(20)11-6-4-5-7-12(11)15(18)21/h10-12H,4-9H2,1-3H3,(H,16,19)/t11-,12+. The molecule has 0 bridgehead atoms. The number of rotatable bonds is 5. The lowest BCUT2D eigenvalue weighted by molar-refractivity contribution is -0.143. The van der Waals surface area contributed by atoms with E-state index in [0.717, 1.165) is 25.7 Å². The molecule has 0 aromatic heterocycles. The van der Waals surface area contributed by atoms with Crippen molar-refractivity contribution in [3.05, 3.63) is 0 Å². The Hall–Kier alpha value is -1.43. The molecule has 2 aliphatic rings. The first kappa shape index (κ1) is 15.9. The van der Waals surface area contributed by atoms with Crippen molar-refractivity contribution in [2.75, 3.05) is 20.3 Å². The lowest BCUT2D eigenvalue weighted by atomic mass is 9.81. The molecule has 0 spiro atoms. The molecule has 2 fully saturated rings. The van der Waals surface area contributed by atoms with Crippen molar-refractivity contribution >= 4 is 17.7 Å². The summed E-state index contributed by atoms with van der Waals surface area (Å²) in [5.41, 5.74) is 0. The Balaban J connectivity index is 1.91. The van der Waals surface area contributed by atoms with Gasteiger partial charge in [0.1, 0.15) is 0 Å². The van der Waals surface area contributed by atoms with E-state index in [1.54, 1.807) is 11.9 Å². The minimum absolute atomic E-state index is 0.0548. The number of fused-ring (bicyclic) bond motifs is 1. The van der Waals surface area contributed by atoms with E-state index in [-0.39, 0.29) is 48.8 Å². The van der Waals surface area contributed by atoms with Crippen molar-refractivity contribution in [1.82, 2.24) is 15.1 Å². The van der Waals surface area contributed by atoms with Crippen molar-refractivity contribution in [3.63, 3.8) is 0 Å². The molecule has 3 amide bonds. The van der Waals surface area contributed by atoms with E-state index in [2.05, 4.69) is 5.32 Å². The number of hydrogen-bond donors (Lipinski definition) is 1. The number of nitrogens with zero attached hydrogens (tertiary/aromatic N) is 2. The monoisotopic (exact) mass is 295 g/mol. The minimum Gasteiger partial charge on any atom is -0.353 e. The van der Waals surface area contributed by atoms with Crippen LogP contribution in [0.3, 0.4) is 0 Å². The number of amides is 3. The van der Waals surface area contributed by atoms with Crippen LogP contribution in [0.5, 0.6) is 0 Å². The van der Waals surface area contributed by atoms with Crippen molar-refractivity contribution in [3.8, 4) is 0 Å². The molecule has 118 valence electrons. The number of carbonyl (C=O) groups excluding carboxylic acids is 3. The highest BCUT2D eigenvalue weighted by Crippen LogP contribution is 2.37. The number of carbonyl (C=O) groups is 3. The van der Waals surface area contributed by atoms with Gasteiger partial charge in [-0.25, -0.2) is 0 Å². The lowest BCUT2D eigenvalue weighted by Crippen LogP contribution is -2.45. The molecule has 6 heteroatoms. The fourth-order valence-electron chi connectivity index (χ4n) is 3.27. The third-order valence-electron chi connectivity index (χ3n) is 4.18. The first-order valence-electron chi connectivity index (χ1n) is 7.73. The molecule has 0 radical (unpaired) electrons. The van der Waals surface area contributed by atoms with Crippen LogP contribution in [0.15, 0.2) is 0 Å². The van der Waals surface area contributed by atoms with Crippen LogP contribution in [0.1, 0.15) is 39.5 Å². The van der Waals surface area contributed by atoms with Gasteiger partial charge in [0.05, 0.1) is 25.0 Å². The fraction of sp³-hybridized carbons (Fsp3) is 0.800. The Labute approximate surface area is 125 Å². The normalized spacial score (nSPS) is 25.7. The Morgan fingerprint density at radius 1 is 1.24 bits per heavy atom. The highest BCUT2D eigenvalue weighted by atomic mass is 16.2. The van der Waals surface area contributed by atoms with Crippen molar-refractivity contribution in [2.45, 2.75) is 45.6 Å². The van der Waals surface area contributed by atoms with Gasteiger partial charge in [-0.15, -0.1) is 0 Å². The Kier molecular flexibility index (Phi) is 4.98. The molecule has 0 unspecified atom stereocenters.